The number of nitrogens with one attached hydrogen (secondary N) is 2. The summed E-state index contributed by atoms with van der Waals surface area (Å²) in [6.45, 7) is 4.73. The smallest absolute Gasteiger partial charge is 0.409 e. The van der Waals surface area contributed by atoms with Gasteiger partial charge in [0.15, 0.2) is 5.96 Å². The Morgan fingerprint density at radius 3 is 2.70 bits per heavy atom. The Bertz CT molecular complexity index is 646. The van der Waals surface area contributed by atoms with Crippen molar-refractivity contribution in [3.63, 3.8) is 0 Å². The largest absolute Gasteiger partial charge is 0.453 e. The minimum absolute atomic E-state index is 0.237. The first-order chi connectivity index (χ1) is 13.1. The molecule has 7 nitrogen and oxygen atoms in total. The molecular formula is C19H29FN4O3. The number of carbonyl (C=O) groups excluding carboxylic acids is 1. The van der Waals surface area contributed by atoms with Gasteiger partial charge in [0.1, 0.15) is 5.82 Å². The van der Waals surface area contributed by atoms with Crippen molar-refractivity contribution in [3.8, 4) is 0 Å². The van der Waals surface area contributed by atoms with Crippen molar-refractivity contribution in [2.75, 3.05) is 33.9 Å². The molecule has 0 aliphatic carbocycles. The van der Waals surface area contributed by atoms with E-state index in [9.17, 15) is 9.18 Å². The predicted molar refractivity (Wildman–Crippen MR) is 102 cm³/mol. The molecule has 8 heteroatoms. The lowest BCUT2D eigenvalue weighted by Crippen LogP contribution is -2.49. The highest BCUT2D eigenvalue weighted by Crippen LogP contribution is 2.13. The van der Waals surface area contributed by atoms with Crippen LogP contribution >= 0.6 is 0 Å². The van der Waals surface area contributed by atoms with E-state index in [0.717, 1.165) is 24.9 Å². The van der Waals surface area contributed by atoms with Gasteiger partial charge in [0.2, 0.25) is 0 Å². The molecule has 0 atom stereocenters. The number of hydrogen-bond donors (Lipinski definition) is 2. The molecule has 1 aromatic carbocycles. The fourth-order valence-electron chi connectivity index (χ4n) is 3.01. The number of aliphatic imine (C=N–C) groups is 1. The predicted octanol–water partition coefficient (Wildman–Crippen LogP) is 2.26. The molecule has 0 unspecified atom stereocenters. The highest BCUT2D eigenvalue weighted by atomic mass is 19.1. The number of amides is 1. The van der Waals surface area contributed by atoms with Crippen LogP contribution in [-0.4, -0.2) is 56.8 Å². The molecule has 0 aromatic heterocycles. The van der Waals surface area contributed by atoms with Crippen molar-refractivity contribution < 1.29 is 18.7 Å². The summed E-state index contributed by atoms with van der Waals surface area (Å²) in [6, 6.07) is 5.19. The van der Waals surface area contributed by atoms with Gasteiger partial charge in [-0.25, -0.2) is 14.2 Å². The second-order valence-corrected chi connectivity index (χ2v) is 6.43. The molecule has 1 heterocycles. The molecule has 2 rings (SSSR count). The van der Waals surface area contributed by atoms with Crippen molar-refractivity contribution in [1.29, 1.82) is 0 Å². The Hall–Kier alpha value is -2.35. The number of ether oxygens (including phenoxy) is 2. The van der Waals surface area contributed by atoms with Crippen molar-refractivity contribution in [2.45, 2.75) is 39.0 Å². The summed E-state index contributed by atoms with van der Waals surface area (Å²) in [5, 5.41) is 6.65. The first-order valence-corrected chi connectivity index (χ1v) is 9.21. The number of benzene rings is 1. The van der Waals surface area contributed by atoms with Gasteiger partial charge in [-0.1, -0.05) is 6.07 Å². The second kappa shape index (κ2) is 10.7. The van der Waals surface area contributed by atoms with Crippen LogP contribution in [0.25, 0.3) is 0 Å². The standard InChI is InChI=1S/C19H29FN4O3/c1-4-21-18(23-16-7-9-24(10-8-16)19(25)27-3)22-12-14-5-6-17(20)15(11-14)13-26-2/h5-6,11,16H,4,7-10,12-13H2,1-3H3,(H2,21,22,23). The molecule has 0 radical (unpaired) electrons. The van der Waals surface area contributed by atoms with Crippen LogP contribution in [0.2, 0.25) is 0 Å². The van der Waals surface area contributed by atoms with Crippen LogP contribution in [-0.2, 0) is 22.6 Å². The molecule has 1 fully saturated rings. The molecule has 27 heavy (non-hydrogen) atoms. The minimum Gasteiger partial charge on any atom is -0.453 e. The number of piperidine rings is 1. The summed E-state index contributed by atoms with van der Waals surface area (Å²) in [4.78, 5) is 17.9. The van der Waals surface area contributed by atoms with Crippen LogP contribution in [0.5, 0.6) is 0 Å². The molecule has 0 bridgehead atoms. The molecule has 1 aromatic rings. The minimum atomic E-state index is -0.280. The number of likely N-dealkylation sites (tertiary alicyclic amines) is 1. The van der Waals surface area contributed by atoms with Crippen molar-refractivity contribution >= 4 is 12.1 Å². The molecule has 2 N–H and O–H groups in total. The summed E-state index contributed by atoms with van der Waals surface area (Å²) in [5.41, 5.74) is 1.44. The van der Waals surface area contributed by atoms with E-state index in [1.54, 1.807) is 24.1 Å². The lowest BCUT2D eigenvalue weighted by atomic mass is 10.1. The van der Waals surface area contributed by atoms with Gasteiger partial charge in [-0.2, -0.15) is 0 Å². The zero-order chi connectivity index (χ0) is 19.6. The van der Waals surface area contributed by atoms with Crippen LogP contribution in [0.1, 0.15) is 30.9 Å². The van der Waals surface area contributed by atoms with Gasteiger partial charge in [-0.15, -0.1) is 0 Å². The number of carbonyl (C=O) groups is 1. The number of rotatable bonds is 6. The lowest BCUT2D eigenvalue weighted by molar-refractivity contribution is 0.111. The van der Waals surface area contributed by atoms with Crippen molar-refractivity contribution in [3.05, 3.63) is 35.1 Å². The summed E-state index contributed by atoms with van der Waals surface area (Å²) in [5.74, 6) is 0.443. The number of methoxy groups -OCH3 is 2. The fraction of sp³-hybridized carbons (Fsp3) is 0.579. The maximum Gasteiger partial charge on any atom is 0.409 e. The molecular weight excluding hydrogens is 351 g/mol. The maximum atomic E-state index is 13.7. The summed E-state index contributed by atoms with van der Waals surface area (Å²) >= 11 is 0. The normalized spacial score (nSPS) is 15.6. The quantitative estimate of drug-likeness (QED) is 0.585. The molecule has 1 aliphatic rings. The van der Waals surface area contributed by atoms with Gasteiger partial charge in [0, 0.05) is 38.3 Å². The molecule has 150 valence electrons. The first-order valence-electron chi connectivity index (χ1n) is 9.21. The topological polar surface area (TPSA) is 75.2 Å². The Morgan fingerprint density at radius 2 is 2.07 bits per heavy atom. The van der Waals surface area contributed by atoms with Gasteiger partial charge in [0.05, 0.1) is 20.3 Å². The molecule has 1 saturated heterocycles. The van der Waals surface area contributed by atoms with Crippen LogP contribution in [0, 0.1) is 5.82 Å². The number of nitrogens with zero attached hydrogens (tertiary/aromatic N) is 2. The maximum absolute atomic E-state index is 13.7. The average molecular weight is 380 g/mol. The lowest BCUT2D eigenvalue weighted by Gasteiger charge is -2.32. The van der Waals surface area contributed by atoms with E-state index >= 15 is 0 Å². The highest BCUT2D eigenvalue weighted by Gasteiger charge is 2.23. The third kappa shape index (κ3) is 6.39. The Labute approximate surface area is 159 Å². The monoisotopic (exact) mass is 380 g/mol. The van der Waals surface area contributed by atoms with Crippen LogP contribution in [0.15, 0.2) is 23.2 Å². The molecule has 1 amide bonds. The third-order valence-corrected chi connectivity index (χ3v) is 4.44. The average Bonchev–Trinajstić information content (AvgIpc) is 2.68. The van der Waals surface area contributed by atoms with Gasteiger partial charge in [-0.3, -0.25) is 0 Å². The van der Waals surface area contributed by atoms with Crippen LogP contribution in [0.3, 0.4) is 0 Å². The Morgan fingerprint density at radius 1 is 1.33 bits per heavy atom. The van der Waals surface area contributed by atoms with Crippen molar-refractivity contribution in [1.82, 2.24) is 15.5 Å². The number of hydrogen-bond acceptors (Lipinski definition) is 4. The van der Waals surface area contributed by atoms with Gasteiger partial charge >= 0.3 is 6.09 Å². The Balaban J connectivity index is 1.95. The number of guanidine groups is 1. The zero-order valence-electron chi connectivity index (χ0n) is 16.3. The molecule has 0 saturated carbocycles. The van der Waals surface area contributed by atoms with Crippen LogP contribution in [0.4, 0.5) is 9.18 Å². The third-order valence-electron chi connectivity index (χ3n) is 4.44. The van der Waals surface area contributed by atoms with Crippen LogP contribution < -0.4 is 10.6 Å². The first kappa shape index (κ1) is 21.0. The second-order valence-electron chi connectivity index (χ2n) is 6.43. The molecule has 1 aliphatic heterocycles. The SMILES string of the molecule is CCNC(=NCc1ccc(F)c(COC)c1)NC1CCN(C(=O)OC)CC1. The molecule has 0 spiro atoms. The number of halogens is 1. The van der Waals surface area contributed by atoms with E-state index in [1.165, 1.54) is 13.2 Å². The van der Waals surface area contributed by atoms with E-state index in [0.29, 0.717) is 31.2 Å². The van der Waals surface area contributed by atoms with E-state index in [1.807, 2.05) is 6.92 Å². The van der Waals surface area contributed by atoms with E-state index in [2.05, 4.69) is 15.6 Å². The van der Waals surface area contributed by atoms with Gasteiger partial charge < -0.3 is 25.0 Å². The zero-order valence-corrected chi connectivity index (χ0v) is 16.3. The Kier molecular flexibility index (Phi) is 8.32. The van der Waals surface area contributed by atoms with E-state index in [4.69, 9.17) is 9.47 Å². The highest BCUT2D eigenvalue weighted by molar-refractivity contribution is 5.80. The fourth-order valence-corrected chi connectivity index (χ4v) is 3.01. The van der Waals surface area contributed by atoms with Gasteiger partial charge in [0.25, 0.3) is 0 Å². The van der Waals surface area contributed by atoms with E-state index < -0.39 is 0 Å². The summed E-state index contributed by atoms with van der Waals surface area (Å²) in [6.07, 6.45) is 1.37. The van der Waals surface area contributed by atoms with Crippen molar-refractivity contribution in [2.24, 2.45) is 4.99 Å². The van der Waals surface area contributed by atoms with E-state index in [-0.39, 0.29) is 24.6 Å². The summed E-state index contributed by atoms with van der Waals surface area (Å²) in [7, 11) is 2.94. The summed E-state index contributed by atoms with van der Waals surface area (Å²) < 4.78 is 23.5. The van der Waals surface area contributed by atoms with Gasteiger partial charge in [-0.05, 0) is 37.5 Å².